The molecule has 1 atom stereocenters. The summed E-state index contributed by atoms with van der Waals surface area (Å²) < 4.78 is 73.9. The Bertz CT molecular complexity index is 5150. The highest BCUT2D eigenvalue weighted by molar-refractivity contribution is 7.17. The highest BCUT2D eigenvalue weighted by Crippen LogP contribution is 2.36. The lowest BCUT2D eigenvalue weighted by Crippen LogP contribution is -2.41. The van der Waals surface area contributed by atoms with Crippen LogP contribution in [0.5, 0.6) is 28.1 Å². The summed E-state index contributed by atoms with van der Waals surface area (Å²) in [6.45, 7) is 24.7. The standard InChI is InChI=1S/C24H29N3O4S.C22H27N3O3S.C21H25N3O4S.C15H19NO4.C9H14N2OS.CH4O/c1-24(2)29-15-17(16-30-24)14-28-18-6-8-20-21(12-18)31-22(26-20)9-7-19-13-25-23(32-19)27-10-4-3-5-11-27;1-2-16(14-26)15-27-17-6-8-19-20(12-17)28-21(24-19)9-7-18-13-23-22(29-18)25-10-4-3-5-11-25;25-12-15(13-26)14-27-16-4-6-18-19(10-16)28-20(23-18)7-5-17-11-22-21(29-17)24-8-2-1-3-9-24;1-10-16-13-5-4-12(6-14(13)20-10)17-7-11-8-18-15(2,3)19-9-11;1-12-8-7-10-9(13-8)11-5-3-2-4-6-11;1-2/h6-9,12-13,17H,3-5,10-11,14-16H2,1-2H3;6-9,12-13,16,26H,2-5,10-11,14-15H2,1H3;4-7,10-11,15,25-26H,1-3,8-9,12-14H2;4-6,11H,7-9H2,1-3H3;7H,2-6H2,1H3;2H,1H3/b2*9-7+;7-5+;;;. The third-order valence-corrected chi connectivity index (χ3v) is 25.5. The smallest absolute Gasteiger partial charge is 0.220 e. The number of rotatable bonds is 27. The topological polar surface area (TPSA) is 333 Å². The maximum absolute atomic E-state index is 9.29. The van der Waals surface area contributed by atoms with Crippen molar-refractivity contribution in [1.82, 2.24) is 39.9 Å². The quantitative estimate of drug-likeness (QED) is 0.0371. The molecule has 14 heterocycles. The Morgan fingerprint density at radius 3 is 1.05 bits per heavy atom. The molecule has 12 aromatic rings. The number of ether oxygens (including phenoxy) is 9. The van der Waals surface area contributed by atoms with E-state index in [2.05, 4.69) is 59.5 Å². The van der Waals surface area contributed by atoms with Crippen LogP contribution in [0.2, 0.25) is 0 Å². The van der Waals surface area contributed by atoms with Crippen LogP contribution in [0.4, 0.5) is 20.5 Å². The summed E-state index contributed by atoms with van der Waals surface area (Å²) >= 11 is 6.72. The Hall–Kier alpha value is -9.62. The summed E-state index contributed by atoms with van der Waals surface area (Å²) in [7, 11) is 2.69. The first kappa shape index (κ1) is 93.0. The molecular weight excluding hydrogens is 1670 g/mol. The van der Waals surface area contributed by atoms with E-state index in [1.54, 1.807) is 70.8 Å². The number of aromatic nitrogens is 8. The van der Waals surface area contributed by atoms with Crippen molar-refractivity contribution in [3.8, 4) is 28.1 Å². The Morgan fingerprint density at radius 2 is 0.720 bits per heavy atom. The molecule has 6 aliphatic rings. The summed E-state index contributed by atoms with van der Waals surface area (Å²) in [5, 5.41) is 39.8. The zero-order chi connectivity index (χ0) is 87.3. The van der Waals surface area contributed by atoms with Crippen LogP contribution < -0.4 is 43.3 Å². The summed E-state index contributed by atoms with van der Waals surface area (Å²) in [6, 6.07) is 22.4. The molecule has 4 N–H and O–H groups in total. The minimum Gasteiger partial charge on any atom is -0.493 e. The molecule has 1 unspecified atom stereocenters. The first-order valence-electron chi connectivity index (χ1n) is 43.3. The Balaban J connectivity index is 0.000000137. The van der Waals surface area contributed by atoms with Crippen LogP contribution in [0.1, 0.15) is 156 Å². The van der Waals surface area contributed by atoms with Gasteiger partial charge in [0, 0.05) is 172 Å². The van der Waals surface area contributed by atoms with Crippen LogP contribution in [-0.2, 0) is 18.9 Å². The van der Waals surface area contributed by atoms with Crippen LogP contribution in [0, 0.1) is 30.6 Å². The van der Waals surface area contributed by atoms with Gasteiger partial charge in [0.25, 0.3) is 0 Å². The molecule has 0 amide bonds. The van der Waals surface area contributed by atoms with E-state index in [-0.39, 0.29) is 50.1 Å². The number of aryl methyl sites for hydroxylation is 1. The lowest BCUT2D eigenvalue weighted by atomic mass is 10.1. The molecule has 4 aromatic carbocycles. The minimum absolute atomic E-state index is 0.118. The highest BCUT2D eigenvalue weighted by atomic mass is 32.1. The average Bonchev–Trinajstić information content (AvgIpc) is 1.70. The monoisotopic (exact) mass is 1790 g/mol. The number of thiazole rings is 4. The Labute approximate surface area is 745 Å². The number of nitrogens with zero attached hydrogens (tertiary/aromatic N) is 12. The second kappa shape index (κ2) is 46.7. The van der Waals surface area contributed by atoms with Gasteiger partial charge in [0.2, 0.25) is 17.7 Å². The normalized spacial score (nSPS) is 17.2. The molecule has 125 heavy (non-hydrogen) atoms. The third-order valence-electron chi connectivity index (χ3n) is 21.4. The molecule has 0 bridgehead atoms. The van der Waals surface area contributed by atoms with Crippen molar-refractivity contribution in [2.45, 2.75) is 137 Å². The lowest BCUT2D eigenvalue weighted by molar-refractivity contribution is -0.264. The second-order valence-corrected chi connectivity index (χ2v) is 36.2. The van der Waals surface area contributed by atoms with Gasteiger partial charge in [-0.15, -0.1) is 0 Å². The van der Waals surface area contributed by atoms with Gasteiger partial charge < -0.3 is 100 Å². The Kier molecular flexibility index (Phi) is 34.8. The molecule has 0 radical (unpaired) electrons. The maximum Gasteiger partial charge on any atom is 0.220 e. The van der Waals surface area contributed by atoms with Gasteiger partial charge in [0.15, 0.2) is 65.4 Å². The third kappa shape index (κ3) is 27.9. The van der Waals surface area contributed by atoms with Gasteiger partial charge in [-0.05, 0) is 178 Å². The van der Waals surface area contributed by atoms with Gasteiger partial charge in [-0.3, -0.25) is 0 Å². The number of benzene rings is 4. The molecule has 6 aliphatic heterocycles. The first-order valence-corrected chi connectivity index (χ1v) is 46.6. The molecule has 672 valence electrons. The highest BCUT2D eigenvalue weighted by Gasteiger charge is 2.31. The van der Waals surface area contributed by atoms with Crippen molar-refractivity contribution in [3.63, 3.8) is 0 Å². The van der Waals surface area contributed by atoms with Crippen LogP contribution in [0.3, 0.4) is 0 Å². The number of fused-ring (bicyclic) bond motifs is 4. The summed E-state index contributed by atoms with van der Waals surface area (Å²) in [5.41, 5.74) is 5.97. The molecule has 18 rings (SSSR count). The van der Waals surface area contributed by atoms with Crippen molar-refractivity contribution < 1.29 is 80.7 Å². The van der Waals surface area contributed by atoms with Gasteiger partial charge in [-0.2, -0.15) is 0 Å². The zero-order valence-corrected chi connectivity index (χ0v) is 76.0. The van der Waals surface area contributed by atoms with Gasteiger partial charge >= 0.3 is 0 Å². The van der Waals surface area contributed by atoms with Crippen molar-refractivity contribution in [1.29, 1.82) is 0 Å². The van der Waals surface area contributed by atoms with Gasteiger partial charge in [-0.25, -0.2) is 39.9 Å². The summed E-state index contributed by atoms with van der Waals surface area (Å²) in [5.74, 6) is 4.50. The van der Waals surface area contributed by atoms with Crippen molar-refractivity contribution in [2.75, 3.05) is 159 Å². The van der Waals surface area contributed by atoms with E-state index >= 15 is 0 Å². The number of hydrogen-bond acceptors (Lipinski definition) is 33. The van der Waals surface area contributed by atoms with E-state index in [0.717, 1.165) is 151 Å². The molecule has 6 fully saturated rings. The first-order chi connectivity index (χ1) is 60.9. The van der Waals surface area contributed by atoms with Crippen LogP contribution in [-0.4, -0.2) is 211 Å². The largest absolute Gasteiger partial charge is 0.493 e. The molecular formula is C92H118N12O17S4. The molecule has 33 heteroatoms. The zero-order valence-electron chi connectivity index (χ0n) is 72.7. The van der Waals surface area contributed by atoms with E-state index in [1.165, 1.54) is 77.0 Å². The lowest BCUT2D eigenvalue weighted by Gasteiger charge is -2.34. The fourth-order valence-electron chi connectivity index (χ4n) is 14.1. The number of methoxy groups -OCH3 is 1. The van der Waals surface area contributed by atoms with E-state index in [1.807, 2.05) is 157 Å². The van der Waals surface area contributed by atoms with E-state index in [0.29, 0.717) is 92.3 Å². The minimum atomic E-state index is -0.506. The van der Waals surface area contributed by atoms with Crippen LogP contribution in [0.15, 0.2) is 115 Å². The molecule has 0 saturated carbocycles. The number of aliphatic hydroxyl groups excluding tert-OH is 4. The van der Waals surface area contributed by atoms with Crippen molar-refractivity contribution in [3.05, 3.63) is 136 Å². The Morgan fingerprint density at radius 1 is 0.408 bits per heavy atom. The van der Waals surface area contributed by atoms with Crippen molar-refractivity contribution in [2.24, 2.45) is 23.7 Å². The van der Waals surface area contributed by atoms with Gasteiger partial charge in [0.1, 0.15) is 45.1 Å². The SMILES string of the molecule is CC1(C)OCC(COc2ccc3nc(/C=C/c4cnc(N5CCCCC5)s4)oc3c2)CO1.CCC(CO)COc1ccc2nc(/C=C/c3cnc(N4CCCCC4)s3)oc2c1.CO.COc1cnc(N2CCCCC2)s1.Cc1nc2ccc(OCC3COC(C)(C)OC3)cc2o1.OCC(CO)COc1ccc2nc(/C=C/c3cnc(N4CCCCC4)s3)oc2c1. The predicted molar refractivity (Wildman–Crippen MR) is 494 cm³/mol. The van der Waals surface area contributed by atoms with Crippen LogP contribution >= 0.6 is 45.3 Å². The van der Waals surface area contributed by atoms with Gasteiger partial charge in [-0.1, -0.05) is 52.3 Å². The molecule has 0 aliphatic carbocycles. The molecule has 29 nitrogen and oxygen atoms in total. The number of anilines is 4. The summed E-state index contributed by atoms with van der Waals surface area (Å²) in [6.07, 6.45) is 35.4. The molecule has 0 spiro atoms. The second-order valence-electron chi connectivity index (χ2n) is 32.1. The molecule has 8 aromatic heterocycles. The fraction of sp³-hybridized carbons (Fsp3) is 0.500. The number of oxazole rings is 4. The maximum atomic E-state index is 9.29. The molecule has 6 saturated heterocycles. The van der Waals surface area contributed by atoms with E-state index in [9.17, 15) is 5.11 Å². The van der Waals surface area contributed by atoms with E-state index in [4.69, 9.17) is 75.6 Å². The number of piperidine rings is 4. The van der Waals surface area contributed by atoms with E-state index < -0.39 is 11.6 Å². The average molecular weight is 1790 g/mol. The van der Waals surface area contributed by atoms with Crippen LogP contribution in [0.25, 0.3) is 80.9 Å². The van der Waals surface area contributed by atoms with Gasteiger partial charge in [0.05, 0.1) is 79.4 Å². The number of hydrogen-bond donors (Lipinski definition) is 4. The fourth-order valence-corrected chi connectivity index (χ4v) is 17.5. The summed E-state index contributed by atoms with van der Waals surface area (Å²) in [4.78, 5) is 48.5. The predicted octanol–water partition coefficient (Wildman–Crippen LogP) is 18.2. The number of aliphatic hydroxyl groups is 4. The van der Waals surface area contributed by atoms with Crippen molar-refractivity contribution >= 4 is 147 Å².